The van der Waals surface area contributed by atoms with Crippen LogP contribution in [0.4, 0.5) is 17.2 Å². The van der Waals surface area contributed by atoms with Gasteiger partial charge >= 0.3 is 5.69 Å². The number of phenolic OH excluding ortho intramolecular Hbond substituents is 1. The van der Waals surface area contributed by atoms with Crippen LogP contribution in [0.3, 0.4) is 0 Å². The number of rotatable bonds is 7. The zero-order valence-electron chi connectivity index (χ0n) is 16.9. The number of carbonyl (C=O) groups is 1. The van der Waals surface area contributed by atoms with Crippen LogP contribution in [0.25, 0.3) is 22.6 Å². The molecule has 0 aliphatic carbocycles. The smallest absolute Gasteiger partial charge is 0.318 e. The number of non-ortho nitro benzene ring substituents is 1. The lowest BCUT2D eigenvalue weighted by molar-refractivity contribution is -0.394. The number of aromatic nitrogens is 4. The summed E-state index contributed by atoms with van der Waals surface area (Å²) in [5.41, 5.74) is 7.34. The van der Waals surface area contributed by atoms with Crippen molar-refractivity contribution in [1.29, 1.82) is 0 Å². The Kier molecular flexibility index (Phi) is 5.52. The van der Waals surface area contributed by atoms with Crippen LogP contribution in [0, 0.1) is 20.2 Å². The molecular formula is C18H13N9O7. The third kappa shape index (κ3) is 4.05. The number of carbonyl (C=O) groups excluding carboxylic acids is 1. The second-order valence-electron chi connectivity index (χ2n) is 6.72. The fourth-order valence-corrected chi connectivity index (χ4v) is 3.09. The highest BCUT2D eigenvalue weighted by molar-refractivity contribution is 5.89. The van der Waals surface area contributed by atoms with Crippen molar-refractivity contribution in [2.24, 2.45) is 5.10 Å². The highest BCUT2D eigenvalue weighted by Crippen LogP contribution is 2.33. The molecule has 0 spiro atoms. The number of nitrogens with two attached hydrogens (primary N) is 1. The molecule has 0 aliphatic heterocycles. The Balaban J connectivity index is 1.60. The molecule has 1 amide bonds. The molecule has 2 aromatic carbocycles. The molecule has 4 N–H and O–H groups in total. The van der Waals surface area contributed by atoms with Gasteiger partial charge in [0.15, 0.2) is 17.3 Å². The normalized spacial score (nSPS) is 11.2. The van der Waals surface area contributed by atoms with Gasteiger partial charge < -0.3 is 15.4 Å². The molecule has 16 nitrogen and oxygen atoms in total. The van der Waals surface area contributed by atoms with E-state index in [-0.39, 0.29) is 29.4 Å². The number of anilines is 1. The van der Waals surface area contributed by atoms with Crippen LogP contribution in [0.5, 0.6) is 5.75 Å². The van der Waals surface area contributed by atoms with Crippen molar-refractivity contribution in [3.05, 3.63) is 62.2 Å². The number of nitrogens with one attached hydrogen (secondary N) is 1. The Morgan fingerprint density at radius 3 is 2.68 bits per heavy atom. The molecule has 2 aromatic heterocycles. The molecule has 4 rings (SSSR count). The monoisotopic (exact) mass is 467 g/mol. The maximum atomic E-state index is 12.5. The van der Waals surface area contributed by atoms with E-state index < -0.39 is 32.9 Å². The van der Waals surface area contributed by atoms with E-state index in [1.165, 1.54) is 4.57 Å². The van der Waals surface area contributed by atoms with Crippen LogP contribution in [-0.2, 0) is 11.3 Å². The molecule has 0 bridgehead atoms. The van der Waals surface area contributed by atoms with Crippen molar-refractivity contribution >= 4 is 40.3 Å². The van der Waals surface area contributed by atoms with E-state index >= 15 is 0 Å². The van der Waals surface area contributed by atoms with Crippen molar-refractivity contribution < 1.29 is 24.4 Å². The summed E-state index contributed by atoms with van der Waals surface area (Å²) in [6.45, 7) is -0.305. The molecule has 172 valence electrons. The first-order valence-electron chi connectivity index (χ1n) is 9.27. The summed E-state index contributed by atoms with van der Waals surface area (Å²) >= 11 is 0. The number of nitrogens with zero attached hydrogens (tertiary/aromatic N) is 7. The number of fused-ring (bicyclic) bond motifs is 1. The topological polar surface area (TPSA) is 231 Å². The van der Waals surface area contributed by atoms with Gasteiger partial charge in [0.25, 0.3) is 11.6 Å². The van der Waals surface area contributed by atoms with Crippen molar-refractivity contribution in [3.63, 3.8) is 0 Å². The van der Waals surface area contributed by atoms with Gasteiger partial charge in [0, 0.05) is 6.07 Å². The van der Waals surface area contributed by atoms with E-state index in [0.29, 0.717) is 17.1 Å². The van der Waals surface area contributed by atoms with Crippen LogP contribution in [0.2, 0.25) is 0 Å². The number of benzene rings is 2. The van der Waals surface area contributed by atoms with E-state index in [1.54, 1.807) is 24.3 Å². The maximum Gasteiger partial charge on any atom is 0.318 e. The maximum absolute atomic E-state index is 12.5. The van der Waals surface area contributed by atoms with Crippen molar-refractivity contribution in [2.45, 2.75) is 6.54 Å². The number of amides is 1. The number of nitro benzene ring substituents is 2. The number of imidazole rings is 1. The quantitative estimate of drug-likeness (QED) is 0.199. The highest BCUT2D eigenvalue weighted by atomic mass is 16.6. The number of nitrogen functional groups attached to an aromatic ring is 1. The number of aromatic hydroxyl groups is 1. The Hall–Kier alpha value is -5.41. The van der Waals surface area contributed by atoms with Gasteiger partial charge in [-0.25, -0.2) is 15.0 Å². The van der Waals surface area contributed by atoms with Gasteiger partial charge in [0.05, 0.1) is 38.7 Å². The molecule has 0 saturated heterocycles. The fraction of sp³-hybridized carbons (Fsp3) is 0.0556. The second kappa shape index (κ2) is 8.61. The summed E-state index contributed by atoms with van der Waals surface area (Å²) in [5.74, 6) is -1.32. The summed E-state index contributed by atoms with van der Waals surface area (Å²) < 4.78 is 6.10. The number of nitro groups is 2. The SMILES string of the molecule is Nc1nonc1-c1nc2ccccc2n1CC(=O)N/N=C\c1cc([N+](=O)[O-])cc([N+](=O)[O-])c1O. The molecule has 0 aliphatic rings. The predicted molar refractivity (Wildman–Crippen MR) is 115 cm³/mol. The summed E-state index contributed by atoms with van der Waals surface area (Å²) in [6, 6.07) is 8.41. The van der Waals surface area contributed by atoms with Gasteiger partial charge in [0.1, 0.15) is 6.54 Å². The van der Waals surface area contributed by atoms with E-state index in [1.807, 2.05) is 0 Å². The molecule has 0 saturated carbocycles. The van der Waals surface area contributed by atoms with Crippen LogP contribution < -0.4 is 11.2 Å². The minimum atomic E-state index is -0.978. The lowest BCUT2D eigenvalue weighted by Crippen LogP contribution is -2.23. The molecule has 2 heterocycles. The van der Waals surface area contributed by atoms with Crippen LogP contribution >= 0.6 is 0 Å². The predicted octanol–water partition coefficient (Wildman–Crippen LogP) is 1.34. The minimum Gasteiger partial charge on any atom is -0.502 e. The zero-order chi connectivity index (χ0) is 24.4. The molecule has 0 fully saturated rings. The van der Waals surface area contributed by atoms with Gasteiger partial charge in [0.2, 0.25) is 5.75 Å². The van der Waals surface area contributed by atoms with Gasteiger partial charge in [-0.1, -0.05) is 12.1 Å². The number of phenols is 1. The molecule has 0 atom stereocenters. The number of hydrogen-bond acceptors (Lipinski definition) is 12. The lowest BCUT2D eigenvalue weighted by atomic mass is 10.1. The molecule has 34 heavy (non-hydrogen) atoms. The third-order valence-electron chi connectivity index (χ3n) is 4.59. The Morgan fingerprint density at radius 1 is 1.24 bits per heavy atom. The highest BCUT2D eigenvalue weighted by Gasteiger charge is 2.23. The molecule has 0 radical (unpaired) electrons. The number of para-hydroxylation sites is 2. The second-order valence-corrected chi connectivity index (χ2v) is 6.72. The number of hydrogen-bond donors (Lipinski definition) is 3. The summed E-state index contributed by atoms with van der Waals surface area (Å²) in [5, 5.41) is 42.9. The van der Waals surface area contributed by atoms with Crippen molar-refractivity contribution in [2.75, 3.05) is 5.73 Å². The van der Waals surface area contributed by atoms with Gasteiger partial charge in [-0.3, -0.25) is 25.0 Å². The Morgan fingerprint density at radius 2 is 2.00 bits per heavy atom. The van der Waals surface area contributed by atoms with Crippen molar-refractivity contribution in [1.82, 2.24) is 25.3 Å². The number of hydrazone groups is 1. The first kappa shape index (κ1) is 21.8. The van der Waals surface area contributed by atoms with E-state index in [9.17, 15) is 30.1 Å². The Bertz CT molecular complexity index is 1470. The standard InChI is InChI=1S/C18H13N9O7/c19-17-15(23-34-24-17)18-21-11-3-1-2-4-12(11)25(18)8-14(28)22-20-7-9-5-10(26(30)31)6-13(16(9)29)27(32)33/h1-7,29H,8H2,(H2,19,24)(H,22,28)/b20-7-. The van der Waals surface area contributed by atoms with Gasteiger partial charge in [-0.05, 0) is 22.4 Å². The average molecular weight is 467 g/mol. The first-order valence-corrected chi connectivity index (χ1v) is 9.27. The molecule has 0 unspecified atom stereocenters. The van der Waals surface area contributed by atoms with Gasteiger partial charge in [-0.2, -0.15) is 5.10 Å². The fourth-order valence-electron chi connectivity index (χ4n) is 3.09. The summed E-state index contributed by atoms with van der Waals surface area (Å²) in [7, 11) is 0. The third-order valence-corrected chi connectivity index (χ3v) is 4.59. The summed E-state index contributed by atoms with van der Waals surface area (Å²) in [4.78, 5) is 37.2. The zero-order valence-corrected chi connectivity index (χ0v) is 16.9. The van der Waals surface area contributed by atoms with E-state index in [4.69, 9.17) is 5.73 Å². The van der Waals surface area contributed by atoms with Crippen LogP contribution in [0.15, 0.2) is 46.1 Å². The Labute approximate surface area is 187 Å². The van der Waals surface area contributed by atoms with E-state index in [0.717, 1.165) is 12.3 Å². The van der Waals surface area contributed by atoms with Crippen molar-refractivity contribution in [3.8, 4) is 17.3 Å². The van der Waals surface area contributed by atoms with E-state index in [2.05, 4.69) is 30.5 Å². The van der Waals surface area contributed by atoms with Crippen LogP contribution in [0.1, 0.15) is 5.56 Å². The molecule has 16 heteroatoms. The largest absolute Gasteiger partial charge is 0.502 e. The minimum absolute atomic E-state index is 0.0299. The average Bonchev–Trinajstić information content (AvgIpc) is 3.37. The first-order chi connectivity index (χ1) is 16.3. The summed E-state index contributed by atoms with van der Waals surface area (Å²) in [6.07, 6.45) is 0.847. The van der Waals surface area contributed by atoms with Crippen LogP contribution in [-0.4, -0.2) is 46.9 Å². The van der Waals surface area contributed by atoms with Gasteiger partial charge in [-0.15, -0.1) is 0 Å². The molecule has 4 aromatic rings. The lowest BCUT2D eigenvalue weighted by Gasteiger charge is -2.06. The molecular weight excluding hydrogens is 454 g/mol.